The first-order valence-electron chi connectivity index (χ1n) is 8.90. The number of piperidine rings is 1. The Kier molecular flexibility index (Phi) is 5.71. The SMILES string of the molecule is CC(C)OCc1cccc(NC(=O)N2CCCCC2c2cn[nH]c2)c1. The van der Waals surface area contributed by atoms with Crippen LogP contribution >= 0.6 is 0 Å². The first-order valence-corrected chi connectivity index (χ1v) is 8.90. The molecule has 3 rings (SSSR count). The van der Waals surface area contributed by atoms with Gasteiger partial charge in [-0.2, -0.15) is 5.10 Å². The van der Waals surface area contributed by atoms with E-state index in [1.54, 1.807) is 6.20 Å². The number of carbonyl (C=O) groups excluding carboxylic acids is 1. The molecule has 25 heavy (non-hydrogen) atoms. The molecule has 2 aromatic rings. The van der Waals surface area contributed by atoms with Crippen molar-refractivity contribution in [2.75, 3.05) is 11.9 Å². The summed E-state index contributed by atoms with van der Waals surface area (Å²) in [5, 5.41) is 9.90. The number of likely N-dealkylation sites (tertiary alicyclic amines) is 1. The molecule has 1 unspecified atom stereocenters. The maximum atomic E-state index is 12.8. The van der Waals surface area contributed by atoms with Crippen LogP contribution in [0.2, 0.25) is 0 Å². The molecule has 1 aliphatic rings. The maximum Gasteiger partial charge on any atom is 0.322 e. The van der Waals surface area contributed by atoms with Crippen molar-refractivity contribution in [3.05, 3.63) is 47.8 Å². The molecule has 1 saturated heterocycles. The predicted molar refractivity (Wildman–Crippen MR) is 97.3 cm³/mol. The summed E-state index contributed by atoms with van der Waals surface area (Å²) in [6.45, 7) is 5.33. The Balaban J connectivity index is 1.67. The third-order valence-electron chi connectivity index (χ3n) is 4.43. The molecule has 2 N–H and O–H groups in total. The van der Waals surface area contributed by atoms with Gasteiger partial charge in [0, 0.05) is 24.0 Å². The number of urea groups is 1. The number of nitrogens with zero attached hydrogens (tertiary/aromatic N) is 2. The van der Waals surface area contributed by atoms with Crippen molar-refractivity contribution in [2.24, 2.45) is 0 Å². The lowest BCUT2D eigenvalue weighted by molar-refractivity contribution is 0.0657. The minimum absolute atomic E-state index is 0.0622. The summed E-state index contributed by atoms with van der Waals surface area (Å²) in [7, 11) is 0. The van der Waals surface area contributed by atoms with Crippen molar-refractivity contribution in [3.63, 3.8) is 0 Å². The van der Waals surface area contributed by atoms with E-state index in [4.69, 9.17) is 4.74 Å². The van der Waals surface area contributed by atoms with Crippen molar-refractivity contribution in [1.82, 2.24) is 15.1 Å². The fraction of sp³-hybridized carbons (Fsp3) is 0.474. The van der Waals surface area contributed by atoms with E-state index >= 15 is 0 Å². The summed E-state index contributed by atoms with van der Waals surface area (Å²) in [4.78, 5) is 14.7. The largest absolute Gasteiger partial charge is 0.374 e. The Morgan fingerprint density at radius 3 is 3.08 bits per heavy atom. The molecule has 134 valence electrons. The highest BCUT2D eigenvalue weighted by Crippen LogP contribution is 2.30. The molecule has 2 amide bonds. The molecule has 2 heterocycles. The van der Waals surface area contributed by atoms with Crippen LogP contribution in [0.5, 0.6) is 0 Å². The topological polar surface area (TPSA) is 70.2 Å². The maximum absolute atomic E-state index is 12.8. The monoisotopic (exact) mass is 342 g/mol. The number of hydrogen-bond acceptors (Lipinski definition) is 3. The molecule has 0 radical (unpaired) electrons. The zero-order chi connectivity index (χ0) is 17.6. The minimum atomic E-state index is -0.0622. The minimum Gasteiger partial charge on any atom is -0.374 e. The van der Waals surface area contributed by atoms with Crippen molar-refractivity contribution in [1.29, 1.82) is 0 Å². The van der Waals surface area contributed by atoms with Crippen LogP contribution < -0.4 is 5.32 Å². The Hall–Kier alpha value is -2.34. The Morgan fingerprint density at radius 1 is 1.44 bits per heavy atom. The number of hydrogen-bond donors (Lipinski definition) is 2. The Bertz CT molecular complexity index is 684. The highest BCUT2D eigenvalue weighted by atomic mass is 16.5. The normalized spacial score (nSPS) is 17.7. The van der Waals surface area contributed by atoms with Gasteiger partial charge in [0.2, 0.25) is 0 Å². The highest BCUT2D eigenvalue weighted by molar-refractivity contribution is 5.89. The molecular weight excluding hydrogens is 316 g/mol. The Labute approximate surface area is 148 Å². The predicted octanol–water partition coefficient (Wildman–Crippen LogP) is 4.09. The van der Waals surface area contributed by atoms with E-state index in [1.165, 1.54) is 0 Å². The van der Waals surface area contributed by atoms with Crippen LogP contribution in [0.3, 0.4) is 0 Å². The van der Waals surface area contributed by atoms with Crippen LogP contribution in [-0.2, 0) is 11.3 Å². The van der Waals surface area contributed by atoms with Gasteiger partial charge in [0.25, 0.3) is 0 Å². The van der Waals surface area contributed by atoms with Gasteiger partial charge in [-0.1, -0.05) is 12.1 Å². The smallest absolute Gasteiger partial charge is 0.322 e. The molecule has 1 aromatic carbocycles. The van der Waals surface area contributed by atoms with Gasteiger partial charge in [0.1, 0.15) is 0 Å². The molecule has 1 atom stereocenters. The van der Waals surface area contributed by atoms with Crippen LogP contribution in [0, 0.1) is 0 Å². The summed E-state index contributed by atoms with van der Waals surface area (Å²) in [5.41, 5.74) is 2.91. The quantitative estimate of drug-likeness (QED) is 0.859. The lowest BCUT2D eigenvalue weighted by Gasteiger charge is -2.35. The second-order valence-electron chi connectivity index (χ2n) is 6.73. The third-order valence-corrected chi connectivity index (χ3v) is 4.43. The summed E-state index contributed by atoms with van der Waals surface area (Å²) in [5.74, 6) is 0. The first kappa shape index (κ1) is 17.5. The van der Waals surface area contributed by atoms with Crippen LogP contribution in [0.15, 0.2) is 36.7 Å². The number of amides is 2. The van der Waals surface area contributed by atoms with Crippen molar-refractivity contribution in [2.45, 2.75) is 51.9 Å². The van der Waals surface area contributed by atoms with Crippen LogP contribution in [0.4, 0.5) is 10.5 Å². The second-order valence-corrected chi connectivity index (χ2v) is 6.73. The Morgan fingerprint density at radius 2 is 2.32 bits per heavy atom. The van der Waals surface area contributed by atoms with Gasteiger partial charge in [-0.3, -0.25) is 5.10 Å². The molecule has 1 aromatic heterocycles. The van der Waals surface area contributed by atoms with E-state index in [0.29, 0.717) is 6.61 Å². The van der Waals surface area contributed by atoms with Crippen LogP contribution in [0.25, 0.3) is 0 Å². The zero-order valence-corrected chi connectivity index (χ0v) is 14.9. The van der Waals surface area contributed by atoms with E-state index in [0.717, 1.165) is 42.6 Å². The van der Waals surface area contributed by atoms with Crippen molar-refractivity contribution < 1.29 is 9.53 Å². The van der Waals surface area contributed by atoms with E-state index in [2.05, 4.69) is 15.5 Å². The van der Waals surface area contributed by atoms with Gasteiger partial charge in [-0.05, 0) is 50.8 Å². The second kappa shape index (κ2) is 8.16. The lowest BCUT2D eigenvalue weighted by atomic mass is 9.98. The highest BCUT2D eigenvalue weighted by Gasteiger charge is 2.28. The molecule has 0 bridgehead atoms. The number of benzene rings is 1. The third kappa shape index (κ3) is 4.60. The summed E-state index contributed by atoms with van der Waals surface area (Å²) in [6, 6.07) is 7.85. The average molecular weight is 342 g/mol. The summed E-state index contributed by atoms with van der Waals surface area (Å²) in [6.07, 6.45) is 6.99. The molecule has 6 heteroatoms. The van der Waals surface area contributed by atoms with Crippen molar-refractivity contribution >= 4 is 11.7 Å². The van der Waals surface area contributed by atoms with E-state index in [1.807, 2.05) is 49.2 Å². The van der Waals surface area contributed by atoms with E-state index in [-0.39, 0.29) is 18.2 Å². The summed E-state index contributed by atoms with van der Waals surface area (Å²) >= 11 is 0. The lowest BCUT2D eigenvalue weighted by Crippen LogP contribution is -2.41. The number of anilines is 1. The fourth-order valence-corrected chi connectivity index (χ4v) is 3.16. The van der Waals surface area contributed by atoms with Crippen LogP contribution in [0.1, 0.15) is 50.3 Å². The number of rotatable bonds is 5. The first-order chi connectivity index (χ1) is 12.1. The summed E-state index contributed by atoms with van der Waals surface area (Å²) < 4.78 is 5.64. The van der Waals surface area contributed by atoms with Gasteiger partial charge in [0.05, 0.1) is 24.9 Å². The van der Waals surface area contributed by atoms with E-state index < -0.39 is 0 Å². The zero-order valence-electron chi connectivity index (χ0n) is 14.9. The average Bonchev–Trinajstić information content (AvgIpc) is 3.15. The number of H-pyrrole nitrogens is 1. The van der Waals surface area contributed by atoms with Gasteiger partial charge in [-0.25, -0.2) is 4.79 Å². The van der Waals surface area contributed by atoms with Gasteiger partial charge in [-0.15, -0.1) is 0 Å². The number of nitrogens with one attached hydrogen (secondary N) is 2. The molecular formula is C19H26N4O2. The molecule has 1 aliphatic heterocycles. The number of ether oxygens (including phenoxy) is 1. The molecule has 0 aliphatic carbocycles. The molecule has 0 spiro atoms. The number of aromatic nitrogens is 2. The van der Waals surface area contributed by atoms with Gasteiger partial charge in [0.15, 0.2) is 0 Å². The van der Waals surface area contributed by atoms with E-state index in [9.17, 15) is 4.79 Å². The molecule has 1 fully saturated rings. The standard InChI is InChI=1S/C19H26N4O2/c1-14(2)25-13-15-6-5-7-17(10-15)22-19(24)23-9-4-3-8-18(23)16-11-20-21-12-16/h5-7,10-12,14,18H,3-4,8-9,13H2,1-2H3,(H,20,21)(H,22,24). The molecule has 0 saturated carbocycles. The number of aromatic amines is 1. The van der Waals surface area contributed by atoms with Gasteiger partial charge >= 0.3 is 6.03 Å². The van der Waals surface area contributed by atoms with Crippen molar-refractivity contribution in [3.8, 4) is 0 Å². The molecule has 6 nitrogen and oxygen atoms in total. The number of carbonyl (C=O) groups is 1. The van der Waals surface area contributed by atoms with Gasteiger partial charge < -0.3 is 15.0 Å². The van der Waals surface area contributed by atoms with Crippen LogP contribution in [-0.4, -0.2) is 33.8 Å². The fourth-order valence-electron chi connectivity index (χ4n) is 3.16.